The van der Waals surface area contributed by atoms with E-state index in [1.165, 1.54) is 19.1 Å². The van der Waals surface area contributed by atoms with E-state index in [-0.39, 0.29) is 28.2 Å². The van der Waals surface area contributed by atoms with E-state index < -0.39 is 47.4 Å². The number of furan rings is 1. The van der Waals surface area contributed by atoms with E-state index in [0.29, 0.717) is 0 Å². The second-order valence-electron chi connectivity index (χ2n) is 7.87. The average molecular weight is 412 g/mol. The number of rotatable bonds is 5. The number of benzene rings is 1. The lowest BCUT2D eigenvalue weighted by Gasteiger charge is -2.20. The summed E-state index contributed by atoms with van der Waals surface area (Å²) < 4.78 is 15.2. The monoisotopic (exact) mass is 412 g/mol. The van der Waals surface area contributed by atoms with Gasteiger partial charge in [-0.15, -0.1) is 0 Å². The molecule has 0 aliphatic heterocycles. The highest BCUT2D eigenvalue weighted by Crippen LogP contribution is 2.30. The summed E-state index contributed by atoms with van der Waals surface area (Å²) >= 11 is 0. The molecule has 0 saturated carbocycles. The van der Waals surface area contributed by atoms with Crippen molar-refractivity contribution in [3.8, 4) is 0 Å². The minimum atomic E-state index is -1.18. The van der Waals surface area contributed by atoms with Crippen LogP contribution >= 0.6 is 0 Å². The summed E-state index contributed by atoms with van der Waals surface area (Å²) in [5.41, 5.74) is -0.385. The van der Waals surface area contributed by atoms with Crippen LogP contribution in [0.4, 0.5) is 0 Å². The van der Waals surface area contributed by atoms with Gasteiger partial charge in [0, 0.05) is 18.1 Å². The van der Waals surface area contributed by atoms with Gasteiger partial charge in [0.2, 0.25) is 17.9 Å². The SMILES string of the molecule is CC(OC(=O)CC(=O)c1cc2c(o1)C(=O)c1ccccc1C2=O)OC(=O)C(C)(C)C. The molecule has 1 aliphatic carbocycles. The Balaban J connectivity index is 1.69. The third-order valence-electron chi connectivity index (χ3n) is 4.36. The Labute approximate surface area is 172 Å². The van der Waals surface area contributed by atoms with Crippen LogP contribution in [0.15, 0.2) is 34.7 Å². The van der Waals surface area contributed by atoms with Gasteiger partial charge in [-0.25, -0.2) is 0 Å². The lowest BCUT2D eigenvalue weighted by Crippen LogP contribution is -2.29. The van der Waals surface area contributed by atoms with Gasteiger partial charge in [0.05, 0.1) is 11.0 Å². The molecular formula is C22H20O8. The Morgan fingerprint density at radius 3 is 2.17 bits per heavy atom. The number of carbonyl (C=O) groups is 5. The van der Waals surface area contributed by atoms with Crippen LogP contribution in [0.25, 0.3) is 0 Å². The summed E-state index contributed by atoms with van der Waals surface area (Å²) in [6, 6.07) is 7.42. The quantitative estimate of drug-likeness (QED) is 0.272. The summed E-state index contributed by atoms with van der Waals surface area (Å²) in [6.45, 7) is 6.29. The van der Waals surface area contributed by atoms with Gasteiger partial charge < -0.3 is 13.9 Å². The minimum absolute atomic E-state index is 0.0251. The van der Waals surface area contributed by atoms with E-state index in [1.807, 2.05) is 0 Å². The van der Waals surface area contributed by atoms with Crippen LogP contribution in [0, 0.1) is 5.41 Å². The van der Waals surface area contributed by atoms with Gasteiger partial charge in [-0.2, -0.15) is 0 Å². The molecule has 30 heavy (non-hydrogen) atoms. The van der Waals surface area contributed by atoms with Crippen molar-refractivity contribution in [2.75, 3.05) is 0 Å². The Morgan fingerprint density at radius 1 is 0.967 bits per heavy atom. The molecule has 0 fully saturated rings. The second kappa shape index (κ2) is 7.70. The molecule has 0 N–H and O–H groups in total. The van der Waals surface area contributed by atoms with Crippen LogP contribution in [-0.4, -0.2) is 35.6 Å². The summed E-state index contributed by atoms with van der Waals surface area (Å²) in [6.07, 6.45) is -1.89. The average Bonchev–Trinajstić information content (AvgIpc) is 3.11. The maximum absolute atomic E-state index is 12.6. The normalized spacial score (nSPS) is 13.9. The number of hydrogen-bond acceptors (Lipinski definition) is 8. The molecule has 0 radical (unpaired) electrons. The molecule has 0 amide bonds. The molecule has 1 aromatic carbocycles. The van der Waals surface area contributed by atoms with Gasteiger partial charge in [0.25, 0.3) is 0 Å². The van der Waals surface area contributed by atoms with Crippen molar-refractivity contribution in [2.45, 2.75) is 40.4 Å². The van der Waals surface area contributed by atoms with Crippen LogP contribution in [0.5, 0.6) is 0 Å². The van der Waals surface area contributed by atoms with Gasteiger partial charge in [-0.05, 0) is 26.8 Å². The molecule has 1 aromatic heterocycles. The largest absolute Gasteiger partial charge is 0.449 e. The van der Waals surface area contributed by atoms with E-state index in [4.69, 9.17) is 13.9 Å². The van der Waals surface area contributed by atoms with Gasteiger partial charge in [-0.3, -0.25) is 24.0 Å². The second-order valence-corrected chi connectivity index (χ2v) is 7.87. The van der Waals surface area contributed by atoms with E-state index >= 15 is 0 Å². The van der Waals surface area contributed by atoms with Crippen LogP contribution in [0.3, 0.4) is 0 Å². The Kier molecular flexibility index (Phi) is 5.43. The smallest absolute Gasteiger partial charge is 0.316 e. The van der Waals surface area contributed by atoms with Gasteiger partial charge >= 0.3 is 11.9 Å². The van der Waals surface area contributed by atoms with Crippen LogP contribution in [-0.2, 0) is 19.1 Å². The maximum Gasteiger partial charge on any atom is 0.316 e. The molecule has 2 aromatic rings. The van der Waals surface area contributed by atoms with E-state index in [0.717, 1.165) is 6.07 Å². The number of esters is 2. The molecule has 3 rings (SSSR count). The molecule has 0 bridgehead atoms. The fourth-order valence-electron chi connectivity index (χ4n) is 2.81. The van der Waals surface area contributed by atoms with Crippen molar-refractivity contribution >= 4 is 29.3 Å². The summed E-state index contributed by atoms with van der Waals surface area (Å²) in [7, 11) is 0. The predicted molar refractivity (Wildman–Crippen MR) is 102 cm³/mol. The van der Waals surface area contributed by atoms with Crippen LogP contribution in [0.1, 0.15) is 76.7 Å². The number of hydrogen-bond donors (Lipinski definition) is 0. The van der Waals surface area contributed by atoms with Gasteiger partial charge in [0.15, 0.2) is 17.3 Å². The molecule has 156 valence electrons. The molecule has 0 spiro atoms. The number of Topliss-reactive ketones (excluding diaryl/α,β-unsaturated/α-hetero) is 1. The van der Waals surface area contributed by atoms with Crippen molar-refractivity contribution in [2.24, 2.45) is 5.41 Å². The molecule has 0 saturated heterocycles. The fraction of sp³-hybridized carbons (Fsp3) is 0.318. The number of ether oxygens (including phenoxy) is 2. The van der Waals surface area contributed by atoms with E-state index in [9.17, 15) is 24.0 Å². The lowest BCUT2D eigenvalue weighted by atomic mass is 9.88. The van der Waals surface area contributed by atoms with E-state index in [2.05, 4.69) is 0 Å². The van der Waals surface area contributed by atoms with Crippen molar-refractivity contribution in [1.82, 2.24) is 0 Å². The third kappa shape index (κ3) is 4.07. The zero-order valence-electron chi connectivity index (χ0n) is 16.9. The van der Waals surface area contributed by atoms with E-state index in [1.54, 1.807) is 32.9 Å². The van der Waals surface area contributed by atoms with Crippen LogP contribution in [0.2, 0.25) is 0 Å². The van der Waals surface area contributed by atoms with Crippen molar-refractivity contribution < 1.29 is 37.9 Å². The minimum Gasteiger partial charge on any atom is -0.449 e. The van der Waals surface area contributed by atoms with Crippen LogP contribution < -0.4 is 0 Å². The maximum atomic E-state index is 12.6. The highest BCUT2D eigenvalue weighted by atomic mass is 16.7. The third-order valence-corrected chi connectivity index (χ3v) is 4.36. The standard InChI is InChI=1S/C22H20O8/c1-11(29-21(27)22(2,3)4)28-17(24)10-15(23)16-9-14-18(25)12-7-5-6-8-13(12)19(26)20(14)30-16/h5-9,11H,10H2,1-4H3. The number of ketones is 3. The van der Waals surface area contributed by atoms with Gasteiger partial charge in [0.1, 0.15) is 6.42 Å². The first-order valence-corrected chi connectivity index (χ1v) is 9.25. The Hall–Kier alpha value is -3.55. The molecule has 1 unspecified atom stereocenters. The first-order chi connectivity index (χ1) is 14.0. The summed E-state index contributed by atoms with van der Waals surface area (Å²) in [5.74, 6) is -3.76. The molecule has 1 atom stereocenters. The summed E-state index contributed by atoms with van der Waals surface area (Å²) in [5, 5.41) is 0. The lowest BCUT2D eigenvalue weighted by molar-refractivity contribution is -0.189. The first-order valence-electron chi connectivity index (χ1n) is 9.25. The Morgan fingerprint density at radius 2 is 1.57 bits per heavy atom. The molecule has 8 nitrogen and oxygen atoms in total. The Bertz CT molecular complexity index is 1010. The fourth-order valence-corrected chi connectivity index (χ4v) is 2.81. The highest BCUT2D eigenvalue weighted by molar-refractivity contribution is 6.28. The zero-order chi connectivity index (χ0) is 22.2. The van der Waals surface area contributed by atoms with Gasteiger partial charge in [-0.1, -0.05) is 24.3 Å². The van der Waals surface area contributed by atoms with Crippen molar-refractivity contribution in [3.05, 3.63) is 58.5 Å². The summed E-state index contributed by atoms with van der Waals surface area (Å²) in [4.78, 5) is 61.3. The topological polar surface area (TPSA) is 117 Å². The predicted octanol–water partition coefficient (Wildman–Crippen LogP) is 3.11. The van der Waals surface area contributed by atoms with Crippen molar-refractivity contribution in [3.63, 3.8) is 0 Å². The van der Waals surface area contributed by atoms with Crippen molar-refractivity contribution in [1.29, 1.82) is 0 Å². The molecular weight excluding hydrogens is 392 g/mol. The first kappa shape index (κ1) is 21.2. The molecule has 8 heteroatoms. The molecule has 1 aliphatic rings. The highest BCUT2D eigenvalue weighted by Gasteiger charge is 2.35. The molecule has 1 heterocycles. The number of carbonyl (C=O) groups excluding carboxylic acids is 5. The number of fused-ring (bicyclic) bond motifs is 2. The zero-order valence-corrected chi connectivity index (χ0v) is 16.9.